The second-order valence-corrected chi connectivity index (χ2v) is 4.35. The third kappa shape index (κ3) is 4.33. The van der Waals surface area contributed by atoms with Gasteiger partial charge in [-0.15, -0.1) is 0 Å². The first-order valence-electron chi connectivity index (χ1n) is 5.99. The maximum atomic E-state index is 12.1. The minimum absolute atomic E-state index is 0.0537. The van der Waals surface area contributed by atoms with Gasteiger partial charge in [0, 0.05) is 19.8 Å². The van der Waals surface area contributed by atoms with Crippen LogP contribution in [0.1, 0.15) is 34.7 Å². The zero-order valence-corrected chi connectivity index (χ0v) is 11.3. The molecule has 0 spiro atoms. The number of aromatic nitrogens is 1. The number of nitrogens with zero attached hydrogens (tertiary/aromatic N) is 2. The first kappa shape index (κ1) is 15.1. The number of carboxylic acid groups (broad SMARTS) is 1. The van der Waals surface area contributed by atoms with Crippen molar-refractivity contribution in [2.24, 2.45) is 0 Å². The largest absolute Gasteiger partial charge is 0.478 e. The molecular weight excluding hydrogens is 248 g/mol. The van der Waals surface area contributed by atoms with Gasteiger partial charge in [0.25, 0.3) is 5.91 Å². The van der Waals surface area contributed by atoms with Crippen LogP contribution in [0.4, 0.5) is 0 Å². The van der Waals surface area contributed by atoms with Crippen molar-refractivity contribution < 1.29 is 19.4 Å². The van der Waals surface area contributed by atoms with E-state index in [1.807, 2.05) is 13.8 Å². The van der Waals surface area contributed by atoms with E-state index in [0.29, 0.717) is 13.2 Å². The summed E-state index contributed by atoms with van der Waals surface area (Å²) in [6.45, 7) is 4.59. The van der Waals surface area contributed by atoms with Crippen molar-refractivity contribution in [1.29, 1.82) is 0 Å². The molecule has 19 heavy (non-hydrogen) atoms. The van der Waals surface area contributed by atoms with E-state index in [9.17, 15) is 9.59 Å². The number of amides is 1. The summed E-state index contributed by atoms with van der Waals surface area (Å²) in [5, 5.41) is 9.01. The van der Waals surface area contributed by atoms with Crippen molar-refractivity contribution in [2.45, 2.75) is 20.0 Å². The molecular formula is C13H18N2O4. The molecule has 0 bridgehead atoms. The van der Waals surface area contributed by atoms with Gasteiger partial charge >= 0.3 is 5.97 Å². The first-order valence-corrected chi connectivity index (χ1v) is 5.99. The highest BCUT2D eigenvalue weighted by atomic mass is 16.5. The number of likely N-dealkylation sites (N-methyl/N-ethyl adjacent to an activating group) is 1. The summed E-state index contributed by atoms with van der Waals surface area (Å²) in [4.78, 5) is 28.4. The number of ether oxygens (including phenoxy) is 1. The van der Waals surface area contributed by atoms with Crippen molar-refractivity contribution in [1.82, 2.24) is 9.88 Å². The Morgan fingerprint density at radius 1 is 1.47 bits per heavy atom. The second kappa shape index (κ2) is 6.84. The summed E-state index contributed by atoms with van der Waals surface area (Å²) in [5.74, 6) is -1.59. The molecule has 0 aliphatic carbocycles. The predicted octanol–water partition coefficient (Wildman–Crippen LogP) is 1.28. The Hall–Kier alpha value is -1.95. The minimum Gasteiger partial charge on any atom is -0.478 e. The topological polar surface area (TPSA) is 79.7 Å². The van der Waals surface area contributed by atoms with Crippen molar-refractivity contribution in [2.75, 3.05) is 20.2 Å². The lowest BCUT2D eigenvalue weighted by molar-refractivity contribution is 0.0524. The van der Waals surface area contributed by atoms with Gasteiger partial charge < -0.3 is 14.7 Å². The van der Waals surface area contributed by atoms with E-state index in [-0.39, 0.29) is 17.4 Å². The highest BCUT2D eigenvalue weighted by Gasteiger charge is 2.20. The van der Waals surface area contributed by atoms with E-state index in [2.05, 4.69) is 4.98 Å². The van der Waals surface area contributed by atoms with Crippen LogP contribution in [0.25, 0.3) is 0 Å². The molecule has 0 radical (unpaired) electrons. The summed E-state index contributed by atoms with van der Waals surface area (Å²) < 4.78 is 5.35. The zero-order valence-electron chi connectivity index (χ0n) is 11.3. The Morgan fingerprint density at radius 3 is 2.74 bits per heavy atom. The maximum Gasteiger partial charge on any atom is 0.338 e. The lowest BCUT2D eigenvalue weighted by Gasteiger charge is -2.18. The molecule has 1 aromatic rings. The van der Waals surface area contributed by atoms with Crippen molar-refractivity contribution >= 4 is 11.9 Å². The summed E-state index contributed by atoms with van der Waals surface area (Å²) in [6, 6.07) is 2.85. The molecule has 1 amide bonds. The molecule has 0 aliphatic rings. The number of hydrogen-bond acceptors (Lipinski definition) is 4. The maximum absolute atomic E-state index is 12.1. The number of carbonyl (C=O) groups excluding carboxylic acids is 1. The van der Waals surface area contributed by atoms with E-state index in [1.54, 1.807) is 7.05 Å². The predicted molar refractivity (Wildman–Crippen MR) is 69.2 cm³/mol. The molecule has 0 aliphatic heterocycles. The van der Waals surface area contributed by atoms with Gasteiger partial charge in [-0.1, -0.05) is 0 Å². The lowest BCUT2D eigenvalue weighted by atomic mass is 10.2. The zero-order chi connectivity index (χ0) is 14.4. The van der Waals surface area contributed by atoms with Crippen LogP contribution in [-0.2, 0) is 4.74 Å². The third-order valence-corrected chi connectivity index (χ3v) is 2.47. The standard InChI is InChI=1S/C13H18N2O4/c1-9(2)19-8-7-15(3)12(16)11-10(13(17)18)5-4-6-14-11/h4-6,9H,7-8H2,1-3H3,(H,17,18). The van der Waals surface area contributed by atoms with Gasteiger partial charge in [0.1, 0.15) is 5.69 Å². The number of aromatic carboxylic acids is 1. The van der Waals surface area contributed by atoms with Crippen LogP contribution in [0.3, 0.4) is 0 Å². The van der Waals surface area contributed by atoms with Crippen LogP contribution in [0.2, 0.25) is 0 Å². The molecule has 0 aromatic carbocycles. The molecule has 0 atom stereocenters. The van der Waals surface area contributed by atoms with Crippen LogP contribution < -0.4 is 0 Å². The normalized spacial score (nSPS) is 10.5. The Kier molecular flexibility index (Phi) is 5.44. The summed E-state index contributed by atoms with van der Waals surface area (Å²) in [5.41, 5.74) is -0.147. The molecule has 0 saturated heterocycles. The van der Waals surface area contributed by atoms with E-state index >= 15 is 0 Å². The van der Waals surface area contributed by atoms with E-state index in [4.69, 9.17) is 9.84 Å². The Bertz CT molecular complexity index is 460. The molecule has 1 aromatic heterocycles. The van der Waals surface area contributed by atoms with Gasteiger partial charge in [-0.25, -0.2) is 4.79 Å². The lowest BCUT2D eigenvalue weighted by Crippen LogP contribution is -2.32. The van der Waals surface area contributed by atoms with Crippen molar-refractivity contribution in [3.63, 3.8) is 0 Å². The molecule has 0 saturated carbocycles. The quantitative estimate of drug-likeness (QED) is 0.839. The van der Waals surface area contributed by atoms with E-state index < -0.39 is 11.9 Å². The van der Waals surface area contributed by atoms with E-state index in [0.717, 1.165) is 0 Å². The second-order valence-electron chi connectivity index (χ2n) is 4.35. The van der Waals surface area contributed by atoms with Crippen LogP contribution in [0.5, 0.6) is 0 Å². The van der Waals surface area contributed by atoms with Gasteiger partial charge in [-0.2, -0.15) is 0 Å². The SMILES string of the molecule is CC(C)OCCN(C)C(=O)c1ncccc1C(=O)O. The molecule has 6 nitrogen and oxygen atoms in total. The number of carboxylic acids is 1. The third-order valence-electron chi connectivity index (χ3n) is 2.47. The van der Waals surface area contributed by atoms with Crippen LogP contribution in [0.15, 0.2) is 18.3 Å². The molecule has 1 rings (SSSR count). The fourth-order valence-corrected chi connectivity index (χ4v) is 1.46. The van der Waals surface area contributed by atoms with Gasteiger partial charge in [0.15, 0.2) is 0 Å². The van der Waals surface area contributed by atoms with Gasteiger partial charge in [0.05, 0.1) is 18.3 Å². The Balaban J connectivity index is 2.74. The molecule has 6 heteroatoms. The summed E-state index contributed by atoms with van der Waals surface area (Å²) in [6.07, 6.45) is 1.49. The fraction of sp³-hybridized carbons (Fsp3) is 0.462. The van der Waals surface area contributed by atoms with E-state index in [1.165, 1.54) is 23.2 Å². The monoisotopic (exact) mass is 266 g/mol. The summed E-state index contributed by atoms with van der Waals surface area (Å²) >= 11 is 0. The highest BCUT2D eigenvalue weighted by molar-refractivity contribution is 6.03. The van der Waals surface area contributed by atoms with Crippen LogP contribution >= 0.6 is 0 Å². The van der Waals surface area contributed by atoms with Crippen molar-refractivity contribution in [3.05, 3.63) is 29.6 Å². The number of pyridine rings is 1. The average Bonchev–Trinajstić information content (AvgIpc) is 2.37. The van der Waals surface area contributed by atoms with Crippen LogP contribution in [-0.4, -0.2) is 53.2 Å². The van der Waals surface area contributed by atoms with Gasteiger partial charge in [0.2, 0.25) is 0 Å². The first-order chi connectivity index (χ1) is 8.93. The molecule has 1 heterocycles. The number of rotatable bonds is 6. The fourth-order valence-electron chi connectivity index (χ4n) is 1.46. The number of hydrogen-bond donors (Lipinski definition) is 1. The molecule has 104 valence electrons. The Labute approximate surface area is 112 Å². The smallest absolute Gasteiger partial charge is 0.338 e. The van der Waals surface area contributed by atoms with Gasteiger partial charge in [-0.3, -0.25) is 9.78 Å². The van der Waals surface area contributed by atoms with Crippen molar-refractivity contribution in [3.8, 4) is 0 Å². The Morgan fingerprint density at radius 2 is 2.16 bits per heavy atom. The minimum atomic E-state index is -1.16. The molecule has 0 unspecified atom stereocenters. The number of carbonyl (C=O) groups is 2. The molecule has 0 fully saturated rings. The average molecular weight is 266 g/mol. The summed E-state index contributed by atoms with van der Waals surface area (Å²) in [7, 11) is 1.59. The highest BCUT2D eigenvalue weighted by Crippen LogP contribution is 2.08. The van der Waals surface area contributed by atoms with Crippen LogP contribution in [0, 0.1) is 0 Å². The molecule has 1 N–H and O–H groups in total. The van der Waals surface area contributed by atoms with Gasteiger partial charge in [-0.05, 0) is 26.0 Å².